The number of benzene rings is 5. The van der Waals surface area contributed by atoms with E-state index < -0.39 is 11.6 Å². The largest absolute Gasteiger partial charge is 0.340 e. The van der Waals surface area contributed by atoms with E-state index in [1.807, 2.05) is 91.0 Å². The van der Waals surface area contributed by atoms with E-state index in [9.17, 15) is 4.39 Å². The topological polar surface area (TPSA) is 3.24 Å². The van der Waals surface area contributed by atoms with Crippen molar-refractivity contribution in [3.05, 3.63) is 133 Å². The molecule has 0 aliphatic carbocycles. The Morgan fingerprint density at radius 3 is 1.79 bits per heavy atom. The van der Waals surface area contributed by atoms with E-state index in [1.165, 1.54) is 6.07 Å². The maximum Gasteiger partial charge on any atom is 0.155 e. The highest BCUT2D eigenvalue weighted by Gasteiger charge is 2.21. The molecular formula is C31H23F2N. The summed E-state index contributed by atoms with van der Waals surface area (Å²) >= 11 is 0. The average Bonchev–Trinajstić information content (AvgIpc) is 2.89. The van der Waals surface area contributed by atoms with Crippen molar-refractivity contribution in [3.63, 3.8) is 0 Å². The van der Waals surface area contributed by atoms with Gasteiger partial charge >= 0.3 is 0 Å². The second-order valence-corrected chi connectivity index (χ2v) is 8.14. The van der Waals surface area contributed by atoms with Gasteiger partial charge in [0.25, 0.3) is 0 Å². The van der Waals surface area contributed by atoms with E-state index in [2.05, 4.69) is 0 Å². The third-order valence-electron chi connectivity index (χ3n) is 6.04. The molecule has 0 N–H and O–H groups in total. The van der Waals surface area contributed by atoms with Gasteiger partial charge in [-0.15, -0.1) is 0 Å². The fourth-order valence-electron chi connectivity index (χ4n) is 4.30. The molecule has 0 aliphatic heterocycles. The molecule has 166 valence electrons. The van der Waals surface area contributed by atoms with Crippen LogP contribution in [0.5, 0.6) is 0 Å². The number of anilines is 2. The molecule has 0 saturated carbocycles. The lowest BCUT2D eigenvalue weighted by Crippen LogP contribution is -2.13. The van der Waals surface area contributed by atoms with Crippen molar-refractivity contribution in [1.82, 2.24) is 0 Å². The molecule has 34 heavy (non-hydrogen) atoms. The van der Waals surface area contributed by atoms with Crippen LogP contribution >= 0.6 is 0 Å². The van der Waals surface area contributed by atoms with Gasteiger partial charge in [0.1, 0.15) is 5.82 Å². The summed E-state index contributed by atoms with van der Waals surface area (Å²) in [6.45, 7) is 0. The van der Waals surface area contributed by atoms with Gasteiger partial charge in [0.05, 0.1) is 11.4 Å². The summed E-state index contributed by atoms with van der Waals surface area (Å²) in [6.07, 6.45) is 0. The summed E-state index contributed by atoms with van der Waals surface area (Å²) in [5, 5.41) is 0. The normalized spacial score (nSPS) is 10.8. The second kappa shape index (κ2) is 9.32. The number of para-hydroxylation sites is 1. The highest BCUT2D eigenvalue weighted by atomic mass is 19.1. The third kappa shape index (κ3) is 4.08. The van der Waals surface area contributed by atoms with Gasteiger partial charge in [-0.25, -0.2) is 8.78 Å². The van der Waals surface area contributed by atoms with E-state index in [1.54, 1.807) is 36.2 Å². The average molecular weight is 448 g/mol. The van der Waals surface area contributed by atoms with Crippen LogP contribution in [0.15, 0.2) is 121 Å². The first-order chi connectivity index (χ1) is 16.6. The highest BCUT2D eigenvalue weighted by Crippen LogP contribution is 2.41. The maximum absolute atomic E-state index is 16.3. The number of nitrogens with zero attached hydrogens (tertiary/aromatic N) is 1. The first-order valence-corrected chi connectivity index (χ1v) is 11.2. The van der Waals surface area contributed by atoms with Crippen molar-refractivity contribution >= 4 is 11.4 Å². The molecule has 0 heterocycles. The molecule has 0 saturated heterocycles. The van der Waals surface area contributed by atoms with Crippen molar-refractivity contribution in [3.8, 4) is 33.4 Å². The van der Waals surface area contributed by atoms with Crippen molar-refractivity contribution in [2.45, 2.75) is 0 Å². The molecule has 0 bridgehead atoms. The Morgan fingerprint density at radius 2 is 1.09 bits per heavy atom. The Labute approximate surface area is 198 Å². The number of hydrogen-bond donors (Lipinski definition) is 0. The molecule has 5 aromatic carbocycles. The van der Waals surface area contributed by atoms with Crippen LogP contribution in [0.3, 0.4) is 0 Å². The zero-order valence-electron chi connectivity index (χ0n) is 18.8. The maximum atomic E-state index is 16.3. The zero-order valence-corrected chi connectivity index (χ0v) is 18.8. The molecule has 0 unspecified atom stereocenters. The quantitative estimate of drug-likeness (QED) is 0.260. The SMILES string of the molecule is CN(c1ccccc1F)c1ccc(-c2ccccc2)c(-c2cccc(-c3ccccc3)c2)c1F. The van der Waals surface area contributed by atoms with E-state index in [0.29, 0.717) is 16.9 Å². The molecule has 0 aliphatic rings. The van der Waals surface area contributed by atoms with E-state index in [0.717, 1.165) is 27.8 Å². The predicted molar refractivity (Wildman–Crippen MR) is 137 cm³/mol. The Bertz CT molecular complexity index is 1430. The third-order valence-corrected chi connectivity index (χ3v) is 6.04. The van der Waals surface area contributed by atoms with Crippen LogP contribution in [-0.4, -0.2) is 7.05 Å². The van der Waals surface area contributed by atoms with Crippen molar-refractivity contribution in [1.29, 1.82) is 0 Å². The smallest absolute Gasteiger partial charge is 0.155 e. The van der Waals surface area contributed by atoms with E-state index in [4.69, 9.17) is 0 Å². The van der Waals surface area contributed by atoms with Crippen LogP contribution in [0.2, 0.25) is 0 Å². The van der Waals surface area contributed by atoms with Crippen molar-refractivity contribution < 1.29 is 8.78 Å². The standard InChI is InChI=1S/C31H23F2N/c1-34(28-18-9-8-17-27(28)32)29-20-19-26(23-13-6-3-7-14-23)30(31(29)33)25-16-10-15-24(21-25)22-11-4-2-5-12-22/h2-21H,1H3. The summed E-state index contributed by atoms with van der Waals surface area (Å²) in [5.41, 5.74) is 5.65. The Kier molecular flexibility index (Phi) is 5.92. The summed E-state index contributed by atoms with van der Waals surface area (Å²) in [7, 11) is 1.68. The fourth-order valence-corrected chi connectivity index (χ4v) is 4.30. The van der Waals surface area contributed by atoms with Gasteiger partial charge in [-0.1, -0.05) is 97.1 Å². The highest BCUT2D eigenvalue weighted by molar-refractivity contribution is 5.89. The van der Waals surface area contributed by atoms with E-state index in [-0.39, 0.29) is 0 Å². The molecule has 0 aromatic heterocycles. The Morgan fingerprint density at radius 1 is 0.500 bits per heavy atom. The minimum Gasteiger partial charge on any atom is -0.340 e. The lowest BCUT2D eigenvalue weighted by atomic mass is 9.91. The molecule has 0 amide bonds. The molecule has 5 aromatic rings. The molecular weight excluding hydrogens is 424 g/mol. The minimum absolute atomic E-state index is 0.310. The first-order valence-electron chi connectivity index (χ1n) is 11.2. The monoisotopic (exact) mass is 447 g/mol. The van der Waals surface area contributed by atoms with Gasteiger partial charge in [-0.3, -0.25) is 0 Å². The van der Waals surface area contributed by atoms with Gasteiger partial charge in [-0.2, -0.15) is 0 Å². The summed E-state index contributed by atoms with van der Waals surface area (Å²) in [4.78, 5) is 1.56. The number of rotatable bonds is 5. The van der Waals surface area contributed by atoms with Crippen LogP contribution < -0.4 is 4.90 Å². The minimum atomic E-state index is -0.399. The zero-order chi connectivity index (χ0) is 23.5. The van der Waals surface area contributed by atoms with Crippen LogP contribution in [0.1, 0.15) is 0 Å². The van der Waals surface area contributed by atoms with Gasteiger partial charge < -0.3 is 4.90 Å². The van der Waals surface area contributed by atoms with Gasteiger partial charge in [-0.05, 0) is 52.1 Å². The van der Waals surface area contributed by atoms with Crippen LogP contribution in [0.25, 0.3) is 33.4 Å². The van der Waals surface area contributed by atoms with Crippen molar-refractivity contribution in [2.75, 3.05) is 11.9 Å². The Hall–Kier alpha value is -4.24. The van der Waals surface area contributed by atoms with E-state index >= 15 is 4.39 Å². The molecule has 0 fully saturated rings. The molecule has 5 rings (SSSR count). The molecule has 0 spiro atoms. The van der Waals surface area contributed by atoms with Crippen LogP contribution in [0.4, 0.5) is 20.2 Å². The Balaban J connectivity index is 1.72. The van der Waals surface area contributed by atoms with Gasteiger partial charge in [0.15, 0.2) is 5.82 Å². The number of hydrogen-bond acceptors (Lipinski definition) is 1. The van der Waals surface area contributed by atoms with Crippen molar-refractivity contribution in [2.24, 2.45) is 0 Å². The molecule has 0 atom stereocenters. The lowest BCUT2D eigenvalue weighted by Gasteiger charge is -2.23. The predicted octanol–water partition coefficient (Wildman–Crippen LogP) is 8.73. The van der Waals surface area contributed by atoms with Gasteiger partial charge in [0.2, 0.25) is 0 Å². The van der Waals surface area contributed by atoms with Crippen LogP contribution in [0, 0.1) is 11.6 Å². The van der Waals surface area contributed by atoms with Crippen LogP contribution in [-0.2, 0) is 0 Å². The summed E-state index contributed by atoms with van der Waals surface area (Å²) in [6, 6.07) is 37.7. The fraction of sp³-hybridized carbons (Fsp3) is 0.0323. The second-order valence-electron chi connectivity index (χ2n) is 8.14. The molecule has 3 heteroatoms. The lowest BCUT2D eigenvalue weighted by molar-refractivity contribution is 0.619. The summed E-state index contributed by atoms with van der Waals surface area (Å²) in [5.74, 6) is -0.790. The van der Waals surface area contributed by atoms with Gasteiger partial charge in [0, 0.05) is 12.6 Å². The number of halogens is 2. The molecule has 1 nitrogen and oxygen atoms in total. The molecule has 0 radical (unpaired) electrons. The first kappa shape index (κ1) is 21.6. The summed E-state index contributed by atoms with van der Waals surface area (Å²) < 4.78 is 30.8.